The van der Waals surface area contributed by atoms with Gasteiger partial charge in [-0.2, -0.15) is 0 Å². The summed E-state index contributed by atoms with van der Waals surface area (Å²) < 4.78 is 45.3. The van der Waals surface area contributed by atoms with Crippen LogP contribution in [0.25, 0.3) is 0 Å². The normalized spacial score (nSPS) is 24.0. The van der Waals surface area contributed by atoms with Gasteiger partial charge in [0, 0.05) is 12.0 Å². The molecule has 2 aromatic carbocycles. The van der Waals surface area contributed by atoms with Gasteiger partial charge in [-0.3, -0.25) is 0 Å². The highest BCUT2D eigenvalue weighted by Gasteiger charge is 2.66. The van der Waals surface area contributed by atoms with E-state index < -0.39 is 26.7 Å². The molecular weight excluding hydrogens is 303 g/mol. The SMILES string of the molecule is C=CCC1(S(=O)(=O)c2ccccc2)OC1c1ccccc1F. The lowest BCUT2D eigenvalue weighted by molar-refractivity contribution is 0.344. The van der Waals surface area contributed by atoms with Gasteiger partial charge in [-0.25, -0.2) is 12.8 Å². The fourth-order valence-electron chi connectivity index (χ4n) is 2.62. The van der Waals surface area contributed by atoms with E-state index in [9.17, 15) is 12.8 Å². The second-order valence-electron chi connectivity index (χ2n) is 5.14. The first-order chi connectivity index (χ1) is 10.5. The number of halogens is 1. The van der Waals surface area contributed by atoms with Gasteiger partial charge in [0.15, 0.2) is 0 Å². The van der Waals surface area contributed by atoms with Crippen LogP contribution in [-0.4, -0.2) is 13.4 Å². The van der Waals surface area contributed by atoms with Crippen molar-refractivity contribution in [2.75, 3.05) is 0 Å². The average molecular weight is 318 g/mol. The summed E-state index contributed by atoms with van der Waals surface area (Å²) >= 11 is 0. The summed E-state index contributed by atoms with van der Waals surface area (Å²) in [5.74, 6) is -0.471. The minimum atomic E-state index is -3.76. The molecule has 1 fully saturated rings. The van der Waals surface area contributed by atoms with E-state index in [0.717, 1.165) is 0 Å². The Morgan fingerprint density at radius 3 is 2.41 bits per heavy atom. The van der Waals surface area contributed by atoms with Crippen molar-refractivity contribution in [3.8, 4) is 0 Å². The maximum Gasteiger partial charge on any atom is 0.211 e. The van der Waals surface area contributed by atoms with Crippen LogP contribution >= 0.6 is 0 Å². The summed E-state index contributed by atoms with van der Waals surface area (Å²) in [5, 5.41) is 0. The van der Waals surface area contributed by atoms with Crippen LogP contribution in [0.4, 0.5) is 4.39 Å². The van der Waals surface area contributed by atoms with Gasteiger partial charge in [0.2, 0.25) is 14.8 Å². The molecule has 1 aliphatic rings. The first-order valence-electron chi connectivity index (χ1n) is 6.86. The first kappa shape index (κ1) is 14.9. The van der Waals surface area contributed by atoms with Gasteiger partial charge in [-0.15, -0.1) is 6.58 Å². The van der Waals surface area contributed by atoms with Crippen LogP contribution in [0.3, 0.4) is 0 Å². The van der Waals surface area contributed by atoms with Crippen molar-refractivity contribution in [1.82, 2.24) is 0 Å². The number of ether oxygens (including phenoxy) is 1. The average Bonchev–Trinajstić information content (AvgIpc) is 3.25. The monoisotopic (exact) mass is 318 g/mol. The third-order valence-corrected chi connectivity index (χ3v) is 6.06. The van der Waals surface area contributed by atoms with Crippen LogP contribution < -0.4 is 0 Å². The molecule has 0 aliphatic carbocycles. The van der Waals surface area contributed by atoms with E-state index >= 15 is 0 Å². The van der Waals surface area contributed by atoms with Gasteiger partial charge in [-0.1, -0.05) is 42.5 Å². The van der Waals surface area contributed by atoms with Crippen LogP contribution in [0.1, 0.15) is 18.1 Å². The molecule has 1 aliphatic heterocycles. The molecule has 2 aromatic rings. The molecule has 0 amide bonds. The van der Waals surface area contributed by atoms with Gasteiger partial charge >= 0.3 is 0 Å². The predicted molar refractivity (Wildman–Crippen MR) is 81.4 cm³/mol. The first-order valence-corrected chi connectivity index (χ1v) is 8.34. The molecule has 3 rings (SSSR count). The molecule has 114 valence electrons. The van der Waals surface area contributed by atoms with E-state index in [2.05, 4.69) is 6.58 Å². The Hall–Kier alpha value is -1.98. The highest BCUT2D eigenvalue weighted by molar-refractivity contribution is 7.93. The smallest absolute Gasteiger partial charge is 0.211 e. The third kappa shape index (κ3) is 2.17. The van der Waals surface area contributed by atoms with E-state index in [4.69, 9.17) is 4.74 Å². The molecule has 0 spiro atoms. The Balaban J connectivity index is 2.06. The van der Waals surface area contributed by atoms with Crippen LogP contribution in [0.5, 0.6) is 0 Å². The molecule has 3 nitrogen and oxygen atoms in total. The lowest BCUT2D eigenvalue weighted by Gasteiger charge is -2.13. The van der Waals surface area contributed by atoms with Gasteiger partial charge in [0.25, 0.3) is 0 Å². The molecule has 0 saturated carbocycles. The number of rotatable bonds is 5. The molecule has 1 saturated heterocycles. The molecule has 22 heavy (non-hydrogen) atoms. The number of sulfone groups is 1. The Morgan fingerprint density at radius 2 is 1.77 bits per heavy atom. The topological polar surface area (TPSA) is 46.7 Å². The largest absolute Gasteiger partial charge is 0.343 e. The maximum atomic E-state index is 14.0. The van der Waals surface area contributed by atoms with Gasteiger partial charge < -0.3 is 4.74 Å². The Morgan fingerprint density at radius 1 is 1.14 bits per heavy atom. The molecule has 0 radical (unpaired) electrons. The molecule has 0 bridgehead atoms. The second-order valence-corrected chi connectivity index (χ2v) is 7.31. The predicted octanol–water partition coefficient (Wildman–Crippen LogP) is 3.64. The lowest BCUT2D eigenvalue weighted by atomic mass is 10.1. The third-order valence-electron chi connectivity index (χ3n) is 3.78. The Labute approximate surface area is 129 Å². The Kier molecular flexibility index (Phi) is 3.62. The zero-order valence-corrected chi connectivity index (χ0v) is 12.6. The van der Waals surface area contributed by atoms with Gasteiger partial charge in [-0.05, 0) is 18.2 Å². The zero-order valence-electron chi connectivity index (χ0n) is 11.8. The summed E-state index contributed by atoms with van der Waals surface area (Å²) in [5.41, 5.74) is 0.254. The van der Waals surface area contributed by atoms with Crippen molar-refractivity contribution in [3.05, 3.63) is 78.6 Å². The van der Waals surface area contributed by atoms with E-state index in [-0.39, 0.29) is 16.9 Å². The molecule has 2 atom stereocenters. The maximum absolute atomic E-state index is 14.0. The van der Waals surface area contributed by atoms with Crippen LogP contribution in [-0.2, 0) is 14.6 Å². The van der Waals surface area contributed by atoms with Crippen molar-refractivity contribution in [2.24, 2.45) is 0 Å². The molecule has 5 heteroatoms. The van der Waals surface area contributed by atoms with Crippen LogP contribution in [0.15, 0.2) is 72.1 Å². The van der Waals surface area contributed by atoms with Crippen LogP contribution in [0.2, 0.25) is 0 Å². The summed E-state index contributed by atoms with van der Waals surface area (Å²) in [7, 11) is -3.76. The zero-order chi connectivity index (χ0) is 15.8. The number of hydrogen-bond acceptors (Lipinski definition) is 3. The number of benzene rings is 2. The lowest BCUT2D eigenvalue weighted by Crippen LogP contribution is -2.25. The van der Waals surface area contributed by atoms with Gasteiger partial charge in [0.1, 0.15) is 11.9 Å². The standard InChI is InChI=1S/C17H15FO3S/c1-2-12-17(22(19,20)13-8-4-3-5-9-13)16(21-17)14-10-6-7-11-15(14)18/h2-11,16H,1,12H2. The molecule has 0 N–H and O–H groups in total. The van der Waals surface area contributed by atoms with E-state index in [1.54, 1.807) is 36.4 Å². The highest BCUT2D eigenvalue weighted by Crippen LogP contribution is 2.58. The quantitative estimate of drug-likeness (QED) is 0.624. The van der Waals surface area contributed by atoms with Crippen molar-refractivity contribution < 1.29 is 17.5 Å². The second kappa shape index (κ2) is 5.34. The summed E-state index contributed by atoms with van der Waals surface area (Å²) in [6, 6.07) is 14.1. The fraction of sp³-hybridized carbons (Fsp3) is 0.176. The van der Waals surface area contributed by atoms with E-state index in [0.29, 0.717) is 0 Å². The van der Waals surface area contributed by atoms with Crippen molar-refractivity contribution >= 4 is 9.84 Å². The van der Waals surface area contributed by atoms with Crippen molar-refractivity contribution in [3.63, 3.8) is 0 Å². The summed E-state index contributed by atoms with van der Waals surface area (Å²) in [6.07, 6.45) is 0.766. The molecule has 2 unspecified atom stereocenters. The molecule has 1 heterocycles. The van der Waals surface area contributed by atoms with E-state index in [1.807, 2.05) is 0 Å². The van der Waals surface area contributed by atoms with E-state index in [1.165, 1.54) is 24.3 Å². The van der Waals surface area contributed by atoms with Crippen molar-refractivity contribution in [2.45, 2.75) is 22.4 Å². The summed E-state index contributed by atoms with van der Waals surface area (Å²) in [4.78, 5) is -1.31. The molecule has 0 aromatic heterocycles. The fourth-order valence-corrected chi connectivity index (χ4v) is 4.51. The summed E-state index contributed by atoms with van der Waals surface area (Å²) in [6.45, 7) is 3.61. The van der Waals surface area contributed by atoms with Crippen LogP contribution in [0, 0.1) is 5.82 Å². The minimum Gasteiger partial charge on any atom is -0.343 e. The Bertz CT molecular complexity index is 802. The minimum absolute atomic E-state index is 0.100. The molecular formula is C17H15FO3S. The van der Waals surface area contributed by atoms with Crippen molar-refractivity contribution in [1.29, 1.82) is 0 Å². The van der Waals surface area contributed by atoms with Gasteiger partial charge in [0.05, 0.1) is 4.90 Å². The number of hydrogen-bond donors (Lipinski definition) is 0. The number of epoxide rings is 1. The highest BCUT2D eigenvalue weighted by atomic mass is 32.2.